The molecule has 2 rings (SSSR count). The predicted molar refractivity (Wildman–Crippen MR) is 62.6 cm³/mol. The Morgan fingerprint density at radius 3 is 2.59 bits per heavy atom. The highest BCUT2D eigenvalue weighted by molar-refractivity contribution is 5.78. The summed E-state index contributed by atoms with van der Waals surface area (Å²) in [5, 5.41) is 12.0. The molecule has 5 nitrogen and oxygen atoms in total. The zero-order valence-electron chi connectivity index (χ0n) is 10.3. The van der Waals surface area contributed by atoms with E-state index in [2.05, 4.69) is 12.2 Å². The van der Waals surface area contributed by atoms with E-state index in [9.17, 15) is 9.59 Å². The Morgan fingerprint density at radius 1 is 1.41 bits per heavy atom. The lowest BCUT2D eigenvalue weighted by atomic mass is 9.99. The fourth-order valence-electron chi connectivity index (χ4n) is 2.58. The SMILES string of the molecule is CCC1CC1NC(=O)N1C[C@@H](C)[C@H](C(=O)O)C1. The molecule has 2 N–H and O–H groups in total. The molecule has 96 valence electrons. The van der Waals surface area contributed by atoms with Crippen molar-refractivity contribution >= 4 is 12.0 Å². The van der Waals surface area contributed by atoms with E-state index in [-0.39, 0.29) is 11.9 Å². The van der Waals surface area contributed by atoms with Gasteiger partial charge in [0.05, 0.1) is 5.92 Å². The molecule has 0 spiro atoms. The van der Waals surface area contributed by atoms with E-state index in [1.165, 1.54) is 0 Å². The molecule has 1 saturated heterocycles. The number of carboxylic acid groups (broad SMARTS) is 1. The number of carbonyl (C=O) groups is 2. The van der Waals surface area contributed by atoms with E-state index in [4.69, 9.17) is 5.11 Å². The van der Waals surface area contributed by atoms with Gasteiger partial charge < -0.3 is 15.3 Å². The van der Waals surface area contributed by atoms with Crippen LogP contribution in [0.2, 0.25) is 0 Å². The number of amides is 2. The predicted octanol–water partition coefficient (Wildman–Crippen LogP) is 1.15. The Balaban J connectivity index is 1.83. The van der Waals surface area contributed by atoms with Gasteiger partial charge in [-0.25, -0.2) is 4.79 Å². The molecule has 2 fully saturated rings. The highest BCUT2D eigenvalue weighted by Gasteiger charge is 2.41. The van der Waals surface area contributed by atoms with Crippen molar-refractivity contribution in [2.24, 2.45) is 17.8 Å². The summed E-state index contributed by atoms with van der Waals surface area (Å²) < 4.78 is 0. The van der Waals surface area contributed by atoms with Crippen LogP contribution in [-0.4, -0.2) is 41.1 Å². The van der Waals surface area contributed by atoms with Crippen LogP contribution in [0.1, 0.15) is 26.7 Å². The second-order valence-corrected chi connectivity index (χ2v) is 5.29. The number of urea groups is 1. The van der Waals surface area contributed by atoms with Crippen molar-refractivity contribution in [3.8, 4) is 0 Å². The van der Waals surface area contributed by atoms with Crippen molar-refractivity contribution in [3.05, 3.63) is 0 Å². The van der Waals surface area contributed by atoms with E-state index in [0.717, 1.165) is 12.8 Å². The number of carbonyl (C=O) groups excluding carboxylic acids is 1. The lowest BCUT2D eigenvalue weighted by Crippen LogP contribution is -2.40. The van der Waals surface area contributed by atoms with Crippen LogP contribution in [0.5, 0.6) is 0 Å². The zero-order valence-corrected chi connectivity index (χ0v) is 10.3. The molecule has 17 heavy (non-hydrogen) atoms. The Hall–Kier alpha value is -1.26. The van der Waals surface area contributed by atoms with Gasteiger partial charge in [0.2, 0.25) is 0 Å². The lowest BCUT2D eigenvalue weighted by molar-refractivity contribution is -0.142. The van der Waals surface area contributed by atoms with Crippen molar-refractivity contribution < 1.29 is 14.7 Å². The van der Waals surface area contributed by atoms with Crippen LogP contribution < -0.4 is 5.32 Å². The molecule has 0 aromatic rings. The second-order valence-electron chi connectivity index (χ2n) is 5.29. The standard InChI is InChI=1S/C12H20N2O3/c1-3-8-4-10(8)13-12(17)14-5-7(2)9(6-14)11(15)16/h7-10H,3-6H2,1-2H3,(H,13,17)(H,15,16)/t7-,8?,9-,10?/m1/s1. The third kappa shape index (κ3) is 2.53. The highest BCUT2D eigenvalue weighted by Crippen LogP contribution is 2.33. The summed E-state index contributed by atoms with van der Waals surface area (Å²) >= 11 is 0. The number of likely N-dealkylation sites (tertiary alicyclic amines) is 1. The van der Waals surface area contributed by atoms with Gasteiger partial charge >= 0.3 is 12.0 Å². The van der Waals surface area contributed by atoms with Crippen LogP contribution in [0, 0.1) is 17.8 Å². The Bertz CT molecular complexity index is 332. The Labute approximate surface area is 101 Å². The summed E-state index contributed by atoms with van der Waals surface area (Å²) in [4.78, 5) is 24.5. The van der Waals surface area contributed by atoms with E-state index in [1.807, 2.05) is 6.92 Å². The van der Waals surface area contributed by atoms with Crippen LogP contribution in [0.4, 0.5) is 4.79 Å². The van der Waals surface area contributed by atoms with Crippen molar-refractivity contribution in [3.63, 3.8) is 0 Å². The van der Waals surface area contributed by atoms with Crippen molar-refractivity contribution in [2.45, 2.75) is 32.7 Å². The molecular weight excluding hydrogens is 220 g/mol. The largest absolute Gasteiger partial charge is 0.481 e. The second kappa shape index (κ2) is 4.55. The molecule has 1 heterocycles. The molecule has 2 aliphatic rings. The summed E-state index contributed by atoms with van der Waals surface area (Å²) in [5.41, 5.74) is 0. The summed E-state index contributed by atoms with van der Waals surface area (Å²) in [6.45, 7) is 4.89. The third-order valence-electron chi connectivity index (χ3n) is 3.97. The van der Waals surface area contributed by atoms with Crippen LogP contribution in [-0.2, 0) is 4.79 Å². The molecule has 0 aromatic heterocycles. The van der Waals surface area contributed by atoms with Crippen LogP contribution >= 0.6 is 0 Å². The lowest BCUT2D eigenvalue weighted by Gasteiger charge is -2.16. The molecule has 4 atom stereocenters. The molecular formula is C12H20N2O3. The van der Waals surface area contributed by atoms with Crippen molar-refractivity contribution in [1.82, 2.24) is 10.2 Å². The maximum Gasteiger partial charge on any atom is 0.317 e. The molecule has 1 saturated carbocycles. The van der Waals surface area contributed by atoms with Gasteiger partial charge in [-0.3, -0.25) is 4.79 Å². The topological polar surface area (TPSA) is 69.6 Å². The maximum absolute atomic E-state index is 11.9. The number of hydrogen-bond acceptors (Lipinski definition) is 2. The Morgan fingerprint density at radius 2 is 2.12 bits per heavy atom. The highest BCUT2D eigenvalue weighted by atomic mass is 16.4. The van der Waals surface area contributed by atoms with Crippen LogP contribution in [0.3, 0.4) is 0 Å². The fraction of sp³-hybridized carbons (Fsp3) is 0.833. The van der Waals surface area contributed by atoms with Gasteiger partial charge in [0.1, 0.15) is 0 Å². The molecule has 1 aliphatic heterocycles. The first-order valence-corrected chi connectivity index (χ1v) is 6.31. The van der Waals surface area contributed by atoms with Crippen LogP contribution in [0.25, 0.3) is 0 Å². The van der Waals surface area contributed by atoms with Crippen molar-refractivity contribution in [2.75, 3.05) is 13.1 Å². The van der Waals surface area contributed by atoms with Gasteiger partial charge in [-0.15, -0.1) is 0 Å². The maximum atomic E-state index is 11.9. The minimum absolute atomic E-state index is 0.0411. The molecule has 2 unspecified atom stereocenters. The van der Waals surface area contributed by atoms with Gasteiger partial charge in [-0.2, -0.15) is 0 Å². The number of nitrogens with zero attached hydrogens (tertiary/aromatic N) is 1. The van der Waals surface area contributed by atoms with Gasteiger partial charge in [0.25, 0.3) is 0 Å². The first kappa shape index (κ1) is 12.2. The van der Waals surface area contributed by atoms with E-state index in [1.54, 1.807) is 4.90 Å². The number of aliphatic carboxylic acids is 1. The van der Waals surface area contributed by atoms with Gasteiger partial charge in [0, 0.05) is 19.1 Å². The van der Waals surface area contributed by atoms with Gasteiger partial charge in [-0.1, -0.05) is 20.3 Å². The van der Waals surface area contributed by atoms with E-state index >= 15 is 0 Å². The summed E-state index contributed by atoms with van der Waals surface area (Å²) in [6, 6.07) is 0.216. The zero-order chi connectivity index (χ0) is 12.6. The summed E-state index contributed by atoms with van der Waals surface area (Å²) in [7, 11) is 0. The smallest absolute Gasteiger partial charge is 0.317 e. The minimum Gasteiger partial charge on any atom is -0.481 e. The van der Waals surface area contributed by atoms with Crippen molar-refractivity contribution in [1.29, 1.82) is 0 Å². The average molecular weight is 240 g/mol. The Kier molecular flexibility index (Phi) is 3.26. The van der Waals surface area contributed by atoms with E-state index < -0.39 is 11.9 Å². The fourth-order valence-corrected chi connectivity index (χ4v) is 2.58. The molecule has 5 heteroatoms. The first-order chi connectivity index (χ1) is 8.02. The number of hydrogen-bond donors (Lipinski definition) is 2. The monoisotopic (exact) mass is 240 g/mol. The molecule has 0 radical (unpaired) electrons. The molecule has 0 bridgehead atoms. The number of rotatable bonds is 3. The third-order valence-corrected chi connectivity index (χ3v) is 3.97. The van der Waals surface area contributed by atoms with Gasteiger partial charge in [-0.05, 0) is 18.3 Å². The van der Waals surface area contributed by atoms with Crippen LogP contribution in [0.15, 0.2) is 0 Å². The first-order valence-electron chi connectivity index (χ1n) is 6.31. The molecule has 2 amide bonds. The number of carboxylic acids is 1. The normalized spacial score (nSPS) is 35.8. The number of nitrogens with one attached hydrogen (secondary N) is 1. The van der Waals surface area contributed by atoms with E-state index in [0.29, 0.717) is 25.0 Å². The van der Waals surface area contributed by atoms with Gasteiger partial charge in [0.15, 0.2) is 0 Å². The summed E-state index contributed by atoms with van der Waals surface area (Å²) in [6.07, 6.45) is 2.16. The quantitative estimate of drug-likeness (QED) is 0.777. The average Bonchev–Trinajstić information content (AvgIpc) is 2.89. The summed E-state index contributed by atoms with van der Waals surface area (Å²) in [5.74, 6) is -0.554. The minimum atomic E-state index is -0.800. The molecule has 0 aromatic carbocycles. The molecule has 1 aliphatic carbocycles.